The Bertz CT molecular complexity index is 1050. The van der Waals surface area contributed by atoms with Gasteiger partial charge in [0.25, 0.3) is 0 Å². The molecule has 4 rings (SSSR count). The summed E-state index contributed by atoms with van der Waals surface area (Å²) in [5, 5.41) is 12.6. The first-order valence-electron chi connectivity index (χ1n) is 9.56. The van der Waals surface area contributed by atoms with Crippen molar-refractivity contribution < 1.29 is 9.90 Å². The van der Waals surface area contributed by atoms with E-state index in [0.717, 1.165) is 12.8 Å². The van der Waals surface area contributed by atoms with Gasteiger partial charge in [-0.2, -0.15) is 0 Å². The summed E-state index contributed by atoms with van der Waals surface area (Å²) in [6.07, 6.45) is 5.18. The second kappa shape index (κ2) is 8.41. The molecule has 0 saturated heterocycles. The summed E-state index contributed by atoms with van der Waals surface area (Å²) in [5.74, 6) is -0.575. The summed E-state index contributed by atoms with van der Waals surface area (Å²) in [6, 6.07) is 16.7. The molecule has 148 valence electrons. The first kappa shape index (κ1) is 19.7. The van der Waals surface area contributed by atoms with Gasteiger partial charge in [0.05, 0.1) is 17.4 Å². The predicted octanol–water partition coefficient (Wildman–Crippen LogP) is 5.29. The van der Waals surface area contributed by atoms with Gasteiger partial charge in [-0.05, 0) is 83.0 Å². The zero-order valence-corrected chi connectivity index (χ0v) is 18.3. The van der Waals surface area contributed by atoms with Crippen molar-refractivity contribution in [3.63, 3.8) is 0 Å². The molecule has 0 saturated carbocycles. The molecule has 1 atom stereocenters. The van der Waals surface area contributed by atoms with Crippen molar-refractivity contribution >= 4 is 45.6 Å². The van der Waals surface area contributed by atoms with Gasteiger partial charge in [0.15, 0.2) is 0 Å². The van der Waals surface area contributed by atoms with Crippen molar-refractivity contribution in [3.05, 3.63) is 81.2 Å². The number of aryl methyl sites for hydroxylation is 1. The number of carboxylic acids is 1. The van der Waals surface area contributed by atoms with Gasteiger partial charge >= 0.3 is 5.97 Å². The average Bonchev–Trinajstić information content (AvgIpc) is 3.14. The summed E-state index contributed by atoms with van der Waals surface area (Å²) >= 11 is 2.34. The molecule has 1 heterocycles. The number of fused-ring (bicyclic) bond motifs is 1. The van der Waals surface area contributed by atoms with Crippen LogP contribution in [0.25, 0.3) is 0 Å². The standard InChI is InChI=1S/C23H22IN3O2/c1-27(18-4-2-3-17(24)12-18)19-7-8-20-15(11-19)5-6-16(20)13-26-22-14-25-10-9-21(22)23(28)29/h2-4,7-12,14,16,26H,5-6,13H2,1H3,(H,28,29)/t16-/m0/s1. The fraction of sp³-hybridized carbons (Fsp3) is 0.217. The molecule has 0 unspecified atom stereocenters. The van der Waals surface area contributed by atoms with E-state index in [4.69, 9.17) is 0 Å². The van der Waals surface area contributed by atoms with E-state index >= 15 is 0 Å². The fourth-order valence-corrected chi connectivity index (χ4v) is 4.43. The van der Waals surface area contributed by atoms with E-state index in [0.29, 0.717) is 18.2 Å². The van der Waals surface area contributed by atoms with Gasteiger partial charge in [-0.15, -0.1) is 0 Å². The van der Waals surface area contributed by atoms with Crippen LogP contribution in [0.2, 0.25) is 0 Å². The van der Waals surface area contributed by atoms with E-state index in [-0.39, 0.29) is 5.56 Å². The van der Waals surface area contributed by atoms with Crippen molar-refractivity contribution in [1.82, 2.24) is 4.98 Å². The lowest BCUT2D eigenvalue weighted by atomic mass is 10.0. The van der Waals surface area contributed by atoms with Gasteiger partial charge < -0.3 is 15.3 Å². The van der Waals surface area contributed by atoms with E-state index in [1.54, 1.807) is 6.20 Å². The lowest BCUT2D eigenvalue weighted by Crippen LogP contribution is -2.13. The van der Waals surface area contributed by atoms with Crippen LogP contribution in [-0.4, -0.2) is 29.7 Å². The summed E-state index contributed by atoms with van der Waals surface area (Å²) in [4.78, 5) is 17.6. The van der Waals surface area contributed by atoms with Crippen LogP contribution in [0.1, 0.15) is 33.8 Å². The maximum Gasteiger partial charge on any atom is 0.337 e. The van der Waals surface area contributed by atoms with Crippen molar-refractivity contribution in [2.45, 2.75) is 18.8 Å². The molecular weight excluding hydrogens is 477 g/mol. The van der Waals surface area contributed by atoms with Crippen LogP contribution in [0.15, 0.2) is 60.9 Å². The summed E-state index contributed by atoms with van der Waals surface area (Å²) in [6.45, 7) is 0.699. The second-order valence-corrected chi connectivity index (χ2v) is 8.51. The van der Waals surface area contributed by atoms with Gasteiger partial charge in [-0.3, -0.25) is 4.98 Å². The number of pyridine rings is 1. The highest BCUT2D eigenvalue weighted by molar-refractivity contribution is 14.1. The van der Waals surface area contributed by atoms with Crippen LogP contribution >= 0.6 is 22.6 Å². The quantitative estimate of drug-likeness (QED) is 0.451. The Morgan fingerprint density at radius 1 is 1.24 bits per heavy atom. The monoisotopic (exact) mass is 499 g/mol. The van der Waals surface area contributed by atoms with E-state index in [2.05, 4.69) is 87.3 Å². The largest absolute Gasteiger partial charge is 0.478 e. The number of anilines is 3. The molecule has 6 heteroatoms. The second-order valence-electron chi connectivity index (χ2n) is 7.26. The lowest BCUT2D eigenvalue weighted by molar-refractivity contribution is 0.0698. The van der Waals surface area contributed by atoms with Crippen LogP contribution in [0.5, 0.6) is 0 Å². The van der Waals surface area contributed by atoms with E-state index in [9.17, 15) is 9.90 Å². The molecule has 1 aliphatic carbocycles. The third-order valence-corrected chi connectivity index (χ3v) is 6.17. The number of carboxylic acid groups (broad SMARTS) is 1. The molecule has 0 radical (unpaired) electrons. The third kappa shape index (κ3) is 4.22. The molecule has 2 aromatic carbocycles. The fourth-order valence-electron chi connectivity index (χ4n) is 3.90. The Kier molecular flexibility index (Phi) is 5.71. The molecule has 0 spiro atoms. The molecule has 5 nitrogen and oxygen atoms in total. The Morgan fingerprint density at radius 2 is 2.07 bits per heavy atom. The number of benzene rings is 2. The molecule has 2 N–H and O–H groups in total. The number of nitrogens with zero attached hydrogens (tertiary/aromatic N) is 2. The highest BCUT2D eigenvalue weighted by Gasteiger charge is 2.23. The van der Waals surface area contributed by atoms with Gasteiger partial charge in [0.1, 0.15) is 0 Å². The smallest absolute Gasteiger partial charge is 0.337 e. The Labute approximate surface area is 183 Å². The maximum atomic E-state index is 11.4. The molecule has 0 aliphatic heterocycles. The SMILES string of the molecule is CN(c1cccc(I)c1)c1ccc2c(c1)CC[C@H]2CNc1cnccc1C(=O)O. The zero-order chi connectivity index (χ0) is 20.4. The molecule has 29 heavy (non-hydrogen) atoms. The molecule has 1 aliphatic rings. The number of rotatable bonds is 6. The lowest BCUT2D eigenvalue weighted by Gasteiger charge is -2.21. The predicted molar refractivity (Wildman–Crippen MR) is 124 cm³/mol. The number of hydrogen-bond acceptors (Lipinski definition) is 4. The minimum absolute atomic E-state index is 0.257. The molecule has 0 amide bonds. The summed E-state index contributed by atoms with van der Waals surface area (Å²) < 4.78 is 1.22. The third-order valence-electron chi connectivity index (χ3n) is 5.50. The summed E-state index contributed by atoms with van der Waals surface area (Å²) in [5.41, 5.74) is 5.90. The van der Waals surface area contributed by atoms with E-state index in [1.165, 1.54) is 38.3 Å². The van der Waals surface area contributed by atoms with Crippen LogP contribution in [-0.2, 0) is 6.42 Å². The first-order chi connectivity index (χ1) is 14.0. The number of nitrogens with one attached hydrogen (secondary N) is 1. The van der Waals surface area contributed by atoms with Crippen LogP contribution < -0.4 is 10.2 Å². The minimum atomic E-state index is -0.940. The van der Waals surface area contributed by atoms with Crippen molar-refractivity contribution in [3.8, 4) is 0 Å². The number of aromatic carboxylic acids is 1. The van der Waals surface area contributed by atoms with Crippen molar-refractivity contribution in [2.75, 3.05) is 23.8 Å². The van der Waals surface area contributed by atoms with Crippen LogP contribution in [0, 0.1) is 3.57 Å². The van der Waals surface area contributed by atoms with Crippen LogP contribution in [0.3, 0.4) is 0 Å². The number of hydrogen-bond donors (Lipinski definition) is 2. The molecule has 0 bridgehead atoms. The Balaban J connectivity index is 1.50. The molecule has 3 aromatic rings. The summed E-state index contributed by atoms with van der Waals surface area (Å²) in [7, 11) is 2.09. The number of aromatic nitrogens is 1. The van der Waals surface area contributed by atoms with Crippen molar-refractivity contribution in [2.24, 2.45) is 0 Å². The average molecular weight is 499 g/mol. The number of carbonyl (C=O) groups is 1. The van der Waals surface area contributed by atoms with Gasteiger partial charge in [0.2, 0.25) is 0 Å². The maximum absolute atomic E-state index is 11.4. The van der Waals surface area contributed by atoms with E-state index < -0.39 is 5.97 Å². The topological polar surface area (TPSA) is 65.5 Å². The van der Waals surface area contributed by atoms with Crippen molar-refractivity contribution in [1.29, 1.82) is 0 Å². The molecule has 1 aromatic heterocycles. The highest BCUT2D eigenvalue weighted by Crippen LogP contribution is 2.37. The van der Waals surface area contributed by atoms with Gasteiger partial charge in [-0.1, -0.05) is 12.1 Å². The Hall–Kier alpha value is -2.61. The zero-order valence-electron chi connectivity index (χ0n) is 16.1. The number of halogens is 1. The van der Waals surface area contributed by atoms with E-state index in [1.807, 2.05) is 0 Å². The minimum Gasteiger partial charge on any atom is -0.478 e. The highest BCUT2D eigenvalue weighted by atomic mass is 127. The molecule has 0 fully saturated rings. The first-order valence-corrected chi connectivity index (χ1v) is 10.6. The van der Waals surface area contributed by atoms with Crippen LogP contribution in [0.4, 0.5) is 17.1 Å². The Morgan fingerprint density at radius 3 is 2.86 bits per heavy atom. The van der Waals surface area contributed by atoms with Gasteiger partial charge in [0, 0.05) is 40.7 Å². The normalized spacial score (nSPS) is 15.0. The van der Waals surface area contributed by atoms with Gasteiger partial charge in [-0.25, -0.2) is 4.79 Å². The molecular formula is C23H22IN3O2.